The van der Waals surface area contributed by atoms with Gasteiger partial charge in [-0.05, 0) is 100 Å². The van der Waals surface area contributed by atoms with E-state index in [0.717, 1.165) is 72.5 Å². The number of carbonyl (C=O) groups excluding carboxylic acids is 1. The number of nitrogens with one attached hydrogen (secondary N) is 1. The number of rotatable bonds is 10. The van der Waals surface area contributed by atoms with Gasteiger partial charge in [0.15, 0.2) is 11.6 Å². The zero-order valence-electron chi connectivity index (χ0n) is 28.5. The average Bonchev–Trinajstić information content (AvgIpc) is 3.02. The van der Waals surface area contributed by atoms with E-state index < -0.39 is 11.9 Å². The summed E-state index contributed by atoms with van der Waals surface area (Å²) in [6.45, 7) is 15.7. The van der Waals surface area contributed by atoms with Gasteiger partial charge in [0.1, 0.15) is 0 Å². The molecule has 9 nitrogen and oxygen atoms in total. The van der Waals surface area contributed by atoms with Crippen molar-refractivity contribution in [2.24, 2.45) is 0 Å². The molecule has 5 rings (SSSR count). The van der Waals surface area contributed by atoms with Crippen LogP contribution in [-0.4, -0.2) is 79.3 Å². The van der Waals surface area contributed by atoms with E-state index in [4.69, 9.17) is 14.5 Å². The molecule has 1 aliphatic heterocycles. The second-order valence-corrected chi connectivity index (χ2v) is 12.5. The van der Waals surface area contributed by atoms with Crippen molar-refractivity contribution in [3.63, 3.8) is 0 Å². The van der Waals surface area contributed by atoms with Crippen molar-refractivity contribution in [3.8, 4) is 22.9 Å². The fourth-order valence-electron chi connectivity index (χ4n) is 5.68. The predicted octanol–water partition coefficient (Wildman–Crippen LogP) is 7.22. The molecule has 1 amide bonds. The smallest absolute Gasteiger partial charge is 0.420 e. The predicted molar refractivity (Wildman–Crippen MR) is 186 cm³/mol. The summed E-state index contributed by atoms with van der Waals surface area (Å²) in [4.78, 5) is 28.7. The summed E-state index contributed by atoms with van der Waals surface area (Å²) in [6, 6.07) is 16.2. The fourth-order valence-corrected chi connectivity index (χ4v) is 5.68. The second-order valence-electron chi connectivity index (χ2n) is 12.5. The first-order valence-electron chi connectivity index (χ1n) is 16.1. The Hall–Kier alpha value is -4.54. The third-order valence-electron chi connectivity index (χ3n) is 8.76. The molecule has 0 atom stereocenters. The van der Waals surface area contributed by atoms with Gasteiger partial charge in [-0.2, -0.15) is 4.98 Å². The minimum Gasteiger partial charge on any atom is -0.490 e. The normalized spacial score (nSPS) is 13.8. The summed E-state index contributed by atoms with van der Waals surface area (Å²) < 4.78 is 26.7. The number of nitrogens with zero attached hydrogens (tertiary/aromatic N) is 5. The molecule has 1 fully saturated rings. The van der Waals surface area contributed by atoms with Gasteiger partial charge in [-0.25, -0.2) is 14.2 Å². The molecule has 1 saturated heterocycles. The number of anilines is 3. The lowest BCUT2D eigenvalue weighted by molar-refractivity contribution is 0.145. The molecule has 0 radical (unpaired) electrons. The van der Waals surface area contributed by atoms with Crippen LogP contribution in [0, 0.1) is 40.4 Å². The maximum atomic E-state index is 15.1. The first-order chi connectivity index (χ1) is 22.5. The van der Waals surface area contributed by atoms with E-state index in [1.807, 2.05) is 51.1 Å². The van der Waals surface area contributed by atoms with E-state index in [2.05, 4.69) is 41.0 Å². The maximum Gasteiger partial charge on any atom is 0.420 e. The van der Waals surface area contributed by atoms with Gasteiger partial charge >= 0.3 is 6.09 Å². The van der Waals surface area contributed by atoms with Crippen LogP contribution in [0.4, 0.5) is 26.5 Å². The van der Waals surface area contributed by atoms with Gasteiger partial charge in [0.2, 0.25) is 11.8 Å². The molecule has 1 aromatic heterocycles. The number of halogens is 1. The highest BCUT2D eigenvalue weighted by atomic mass is 19.1. The topological polar surface area (TPSA) is 83.1 Å². The lowest BCUT2D eigenvalue weighted by atomic mass is 9.97. The van der Waals surface area contributed by atoms with Crippen LogP contribution in [-0.2, 0) is 0 Å². The van der Waals surface area contributed by atoms with E-state index in [9.17, 15) is 4.79 Å². The molecule has 1 aliphatic rings. The average molecular weight is 641 g/mol. The van der Waals surface area contributed by atoms with Crippen LogP contribution in [0.1, 0.15) is 34.2 Å². The molecule has 10 heteroatoms. The summed E-state index contributed by atoms with van der Waals surface area (Å²) in [7, 11) is 3.79. The minimum absolute atomic E-state index is 0.0668. The lowest BCUT2D eigenvalue weighted by Gasteiger charge is -2.32. The molecule has 0 unspecified atom stereocenters. The Balaban J connectivity index is 1.33. The molecule has 0 bridgehead atoms. The van der Waals surface area contributed by atoms with Crippen LogP contribution < -0.4 is 19.7 Å². The molecule has 248 valence electrons. The van der Waals surface area contributed by atoms with Crippen LogP contribution >= 0.6 is 0 Å². The Kier molecular flexibility index (Phi) is 10.7. The van der Waals surface area contributed by atoms with Gasteiger partial charge in [-0.3, -0.25) is 4.90 Å². The zero-order valence-corrected chi connectivity index (χ0v) is 28.5. The highest BCUT2D eigenvalue weighted by Gasteiger charge is 2.19. The molecule has 1 N–H and O–H groups in total. The van der Waals surface area contributed by atoms with Crippen molar-refractivity contribution in [2.75, 3.05) is 63.6 Å². The van der Waals surface area contributed by atoms with Gasteiger partial charge in [-0.1, -0.05) is 18.2 Å². The summed E-state index contributed by atoms with van der Waals surface area (Å²) in [5.74, 6) is -0.0646. The molecule has 0 aliphatic carbocycles. The Bertz CT molecular complexity index is 1720. The summed E-state index contributed by atoms with van der Waals surface area (Å²) >= 11 is 0. The number of aromatic nitrogens is 2. The number of aryl methyl sites for hydroxylation is 3. The van der Waals surface area contributed by atoms with Crippen molar-refractivity contribution in [3.05, 3.63) is 88.2 Å². The van der Waals surface area contributed by atoms with Crippen molar-refractivity contribution in [1.29, 1.82) is 0 Å². The largest absolute Gasteiger partial charge is 0.490 e. The lowest BCUT2D eigenvalue weighted by Crippen LogP contribution is -2.44. The molecule has 4 aromatic rings. The van der Waals surface area contributed by atoms with Crippen molar-refractivity contribution < 1.29 is 18.7 Å². The molecule has 47 heavy (non-hydrogen) atoms. The Morgan fingerprint density at radius 1 is 0.915 bits per heavy atom. The van der Waals surface area contributed by atoms with Crippen molar-refractivity contribution in [1.82, 2.24) is 19.8 Å². The highest BCUT2D eigenvalue weighted by molar-refractivity contribution is 5.88. The van der Waals surface area contributed by atoms with Crippen LogP contribution in [0.3, 0.4) is 0 Å². The molecular weight excluding hydrogens is 595 g/mol. The third kappa shape index (κ3) is 8.64. The number of benzene rings is 3. The molecule has 2 heterocycles. The first kappa shape index (κ1) is 33.8. The monoisotopic (exact) mass is 640 g/mol. The quantitative estimate of drug-likeness (QED) is 0.182. The zero-order chi connectivity index (χ0) is 33.7. The third-order valence-corrected chi connectivity index (χ3v) is 8.76. The van der Waals surface area contributed by atoms with Gasteiger partial charge in [-0.15, -0.1) is 0 Å². The molecule has 0 saturated carbocycles. The fraction of sp³-hybridized carbons (Fsp3) is 0.378. The van der Waals surface area contributed by atoms with Crippen molar-refractivity contribution in [2.45, 2.75) is 41.0 Å². The number of amides is 1. The van der Waals surface area contributed by atoms with Gasteiger partial charge < -0.3 is 24.6 Å². The van der Waals surface area contributed by atoms with Crippen molar-refractivity contribution >= 4 is 23.4 Å². The van der Waals surface area contributed by atoms with Crippen LogP contribution in [0.5, 0.6) is 11.6 Å². The standard InChI is InChI=1S/C37H45FN6O3/c1-24-19-25(2)21-30(20-24)43(7)37(45)47-35-23-33(31-11-9-26(3)27(4)28(31)5)40-36(41-35)39-29-10-12-34(32(38)22-29)46-18-8-13-44-16-14-42(6)15-17-44/h9-12,19-23H,8,13-18H2,1-7H3,(H,39,40,41). The number of ether oxygens (including phenoxy) is 2. The number of hydrogen-bond donors (Lipinski definition) is 1. The van der Waals surface area contributed by atoms with E-state index in [-0.39, 0.29) is 17.6 Å². The van der Waals surface area contributed by atoms with Gasteiger partial charge in [0.25, 0.3) is 0 Å². The minimum atomic E-state index is -0.595. The van der Waals surface area contributed by atoms with E-state index in [1.165, 1.54) is 11.0 Å². The number of carbonyl (C=O) groups is 1. The van der Waals surface area contributed by atoms with Gasteiger partial charge in [0.05, 0.1) is 12.3 Å². The van der Waals surface area contributed by atoms with E-state index >= 15 is 4.39 Å². The number of piperazine rings is 1. The summed E-state index contributed by atoms with van der Waals surface area (Å²) in [5, 5.41) is 3.10. The Morgan fingerprint density at radius 2 is 1.64 bits per heavy atom. The van der Waals surface area contributed by atoms with E-state index in [0.29, 0.717) is 23.7 Å². The maximum absolute atomic E-state index is 15.1. The van der Waals surface area contributed by atoms with Crippen LogP contribution in [0.15, 0.2) is 54.6 Å². The highest BCUT2D eigenvalue weighted by Crippen LogP contribution is 2.31. The summed E-state index contributed by atoms with van der Waals surface area (Å²) in [5.41, 5.74) is 8.03. The molecular formula is C37H45FN6O3. The first-order valence-corrected chi connectivity index (χ1v) is 16.1. The number of likely N-dealkylation sites (N-methyl/N-ethyl adjacent to an activating group) is 1. The summed E-state index contributed by atoms with van der Waals surface area (Å²) in [6.07, 6.45) is 0.226. The number of hydrogen-bond acceptors (Lipinski definition) is 8. The Labute approximate surface area is 277 Å². The van der Waals surface area contributed by atoms with Crippen LogP contribution in [0.25, 0.3) is 11.3 Å². The Morgan fingerprint density at radius 3 is 2.34 bits per heavy atom. The molecule has 0 spiro atoms. The SMILES string of the molecule is Cc1cc(C)cc(N(C)C(=O)Oc2cc(-c3ccc(C)c(C)c3C)nc(Nc3ccc(OCCCN4CCN(C)CC4)c(F)c3)n2)c1. The second kappa shape index (κ2) is 14.9. The molecule has 3 aromatic carbocycles. The van der Waals surface area contributed by atoms with Gasteiger partial charge in [0, 0.05) is 68.8 Å². The van der Waals surface area contributed by atoms with E-state index in [1.54, 1.807) is 25.2 Å². The van der Waals surface area contributed by atoms with Crippen LogP contribution in [0.2, 0.25) is 0 Å².